The number of pyridine rings is 1. The highest BCUT2D eigenvalue weighted by atomic mass is 79.9. The van der Waals surface area contributed by atoms with Gasteiger partial charge in [0, 0.05) is 28.0 Å². The predicted molar refractivity (Wildman–Crippen MR) is 74.4 cm³/mol. The number of hydrogen-bond donors (Lipinski definition) is 2. The van der Waals surface area contributed by atoms with E-state index in [0.29, 0.717) is 6.54 Å². The molecule has 0 aliphatic rings. The first kappa shape index (κ1) is 12.3. The van der Waals surface area contributed by atoms with Gasteiger partial charge in [0.1, 0.15) is 5.82 Å². The Kier molecular flexibility index (Phi) is 3.64. The minimum Gasteiger partial charge on any atom is -0.392 e. The summed E-state index contributed by atoms with van der Waals surface area (Å²) in [4.78, 5) is 4.35. The third-order valence-electron chi connectivity index (χ3n) is 2.64. The predicted octanol–water partition coefficient (Wildman–Crippen LogP) is 3.10. The molecule has 0 aliphatic heterocycles. The third-order valence-corrected chi connectivity index (χ3v) is 3.24. The molecule has 0 aliphatic carbocycles. The topological polar surface area (TPSA) is 45.1 Å². The zero-order valence-corrected chi connectivity index (χ0v) is 11.5. The van der Waals surface area contributed by atoms with Crippen molar-refractivity contribution in [1.82, 2.24) is 4.98 Å². The average molecular weight is 295 g/mol. The maximum Gasteiger partial charge on any atom is 0.134 e. The number of nitrogens with one attached hydrogen (secondary N) is 1. The molecule has 1 heterocycles. The van der Waals surface area contributed by atoms with Crippen LogP contribution in [-0.4, -0.2) is 22.7 Å². The minimum atomic E-state index is -0.389. The van der Waals surface area contributed by atoms with Crippen LogP contribution in [0.15, 0.2) is 28.9 Å². The molecule has 0 spiro atoms. The molecule has 2 rings (SSSR count). The van der Waals surface area contributed by atoms with E-state index in [1.165, 1.54) is 5.56 Å². The maximum absolute atomic E-state index is 9.30. The van der Waals surface area contributed by atoms with E-state index in [9.17, 15) is 5.11 Å². The molecule has 0 saturated carbocycles. The number of aliphatic hydroxyl groups is 1. The third kappa shape index (κ3) is 2.58. The van der Waals surface area contributed by atoms with Crippen LogP contribution in [0.1, 0.15) is 12.5 Å². The standard InChI is InChI=1S/C13H15BrN2O/c1-8-4-3-5-10-12(8)11(14)7-16-13(10)15-6-9(2)17/h3-5,7,9,17H,6H2,1-2H3,(H,15,16). The number of aryl methyl sites for hydroxylation is 1. The van der Waals surface area contributed by atoms with Gasteiger partial charge in [-0.3, -0.25) is 0 Å². The van der Waals surface area contributed by atoms with Gasteiger partial charge in [-0.15, -0.1) is 0 Å². The van der Waals surface area contributed by atoms with Crippen LogP contribution in [0.5, 0.6) is 0 Å². The van der Waals surface area contributed by atoms with Crippen molar-refractivity contribution in [2.45, 2.75) is 20.0 Å². The van der Waals surface area contributed by atoms with Gasteiger partial charge in [0.15, 0.2) is 0 Å². The normalized spacial score (nSPS) is 12.7. The van der Waals surface area contributed by atoms with Crippen molar-refractivity contribution in [2.24, 2.45) is 0 Å². The summed E-state index contributed by atoms with van der Waals surface area (Å²) in [5, 5.41) is 14.7. The van der Waals surface area contributed by atoms with E-state index in [4.69, 9.17) is 0 Å². The second kappa shape index (κ2) is 5.02. The molecule has 17 heavy (non-hydrogen) atoms. The Bertz CT molecular complexity index is 532. The van der Waals surface area contributed by atoms with Gasteiger partial charge in [0.2, 0.25) is 0 Å². The molecule has 0 amide bonds. The number of hydrogen-bond acceptors (Lipinski definition) is 3. The average Bonchev–Trinajstić information content (AvgIpc) is 2.28. The van der Waals surface area contributed by atoms with Crippen LogP contribution in [0, 0.1) is 6.92 Å². The molecule has 4 heteroatoms. The molecule has 3 nitrogen and oxygen atoms in total. The van der Waals surface area contributed by atoms with Crippen molar-refractivity contribution in [3.05, 3.63) is 34.4 Å². The fourth-order valence-electron chi connectivity index (χ4n) is 1.82. The first-order valence-electron chi connectivity index (χ1n) is 5.55. The van der Waals surface area contributed by atoms with Crippen LogP contribution < -0.4 is 5.32 Å². The smallest absolute Gasteiger partial charge is 0.134 e. The largest absolute Gasteiger partial charge is 0.392 e. The molecule has 2 N–H and O–H groups in total. The summed E-state index contributed by atoms with van der Waals surface area (Å²) in [5.74, 6) is 0.813. The fourth-order valence-corrected chi connectivity index (χ4v) is 2.45. The van der Waals surface area contributed by atoms with Gasteiger partial charge in [-0.2, -0.15) is 0 Å². The molecule has 0 fully saturated rings. The van der Waals surface area contributed by atoms with Crippen LogP contribution in [0.3, 0.4) is 0 Å². The van der Waals surface area contributed by atoms with Crippen molar-refractivity contribution in [3.8, 4) is 0 Å². The first-order chi connectivity index (χ1) is 8.09. The molecule has 0 bridgehead atoms. The summed E-state index contributed by atoms with van der Waals surface area (Å²) < 4.78 is 0.994. The quantitative estimate of drug-likeness (QED) is 0.914. The fraction of sp³-hybridized carbons (Fsp3) is 0.308. The van der Waals surface area contributed by atoms with Crippen LogP contribution in [0.2, 0.25) is 0 Å². The molecule has 0 saturated heterocycles. The Morgan fingerprint density at radius 2 is 2.24 bits per heavy atom. The minimum absolute atomic E-state index is 0.389. The van der Waals surface area contributed by atoms with Crippen molar-refractivity contribution in [1.29, 1.82) is 0 Å². The van der Waals surface area contributed by atoms with E-state index in [2.05, 4.69) is 39.2 Å². The van der Waals surface area contributed by atoms with E-state index in [1.54, 1.807) is 13.1 Å². The van der Waals surface area contributed by atoms with Crippen molar-refractivity contribution in [2.75, 3.05) is 11.9 Å². The Morgan fingerprint density at radius 1 is 1.47 bits per heavy atom. The number of fused-ring (bicyclic) bond motifs is 1. The van der Waals surface area contributed by atoms with Gasteiger partial charge in [-0.1, -0.05) is 18.2 Å². The van der Waals surface area contributed by atoms with Gasteiger partial charge >= 0.3 is 0 Å². The van der Waals surface area contributed by atoms with Gasteiger partial charge < -0.3 is 10.4 Å². The number of nitrogens with zero attached hydrogens (tertiary/aromatic N) is 1. The van der Waals surface area contributed by atoms with E-state index < -0.39 is 0 Å². The first-order valence-corrected chi connectivity index (χ1v) is 6.34. The SMILES string of the molecule is Cc1cccc2c(NCC(C)O)ncc(Br)c12. The molecular formula is C13H15BrN2O. The molecule has 1 aromatic carbocycles. The molecule has 2 aromatic rings. The number of aliphatic hydroxyl groups excluding tert-OH is 1. The molecular weight excluding hydrogens is 280 g/mol. The second-order valence-corrected chi connectivity index (χ2v) is 5.04. The number of benzene rings is 1. The highest BCUT2D eigenvalue weighted by molar-refractivity contribution is 9.10. The highest BCUT2D eigenvalue weighted by Crippen LogP contribution is 2.30. The van der Waals surface area contributed by atoms with Crippen molar-refractivity contribution in [3.63, 3.8) is 0 Å². The summed E-state index contributed by atoms with van der Waals surface area (Å²) in [6, 6.07) is 6.12. The van der Waals surface area contributed by atoms with E-state index in [0.717, 1.165) is 21.1 Å². The molecule has 1 unspecified atom stereocenters. The van der Waals surface area contributed by atoms with Gasteiger partial charge in [-0.25, -0.2) is 4.98 Å². The van der Waals surface area contributed by atoms with E-state index in [-0.39, 0.29) is 6.10 Å². The molecule has 1 atom stereocenters. The van der Waals surface area contributed by atoms with Crippen LogP contribution in [-0.2, 0) is 0 Å². The molecule has 1 aromatic heterocycles. The van der Waals surface area contributed by atoms with Gasteiger partial charge in [0.25, 0.3) is 0 Å². The number of halogens is 1. The van der Waals surface area contributed by atoms with E-state index >= 15 is 0 Å². The molecule has 90 valence electrons. The Morgan fingerprint density at radius 3 is 2.94 bits per heavy atom. The lowest BCUT2D eigenvalue weighted by Gasteiger charge is -2.12. The van der Waals surface area contributed by atoms with Gasteiger partial charge in [0.05, 0.1) is 6.10 Å². The Labute approximate surface area is 109 Å². The Balaban J connectivity index is 2.51. The Hall–Kier alpha value is -1.13. The van der Waals surface area contributed by atoms with Crippen LogP contribution in [0.4, 0.5) is 5.82 Å². The zero-order valence-electron chi connectivity index (χ0n) is 9.87. The lowest BCUT2D eigenvalue weighted by molar-refractivity contribution is 0.208. The number of rotatable bonds is 3. The summed E-state index contributed by atoms with van der Waals surface area (Å²) in [6.07, 6.45) is 1.40. The van der Waals surface area contributed by atoms with Gasteiger partial charge in [-0.05, 0) is 35.3 Å². The van der Waals surface area contributed by atoms with Crippen molar-refractivity contribution < 1.29 is 5.11 Å². The summed E-state index contributed by atoms with van der Waals surface area (Å²) in [7, 11) is 0. The van der Waals surface area contributed by atoms with Crippen LogP contribution >= 0.6 is 15.9 Å². The summed E-state index contributed by atoms with van der Waals surface area (Å²) >= 11 is 3.52. The zero-order chi connectivity index (χ0) is 12.4. The number of aromatic nitrogens is 1. The summed E-state index contributed by atoms with van der Waals surface area (Å²) in [6.45, 7) is 4.32. The van der Waals surface area contributed by atoms with E-state index in [1.807, 2.05) is 12.1 Å². The lowest BCUT2D eigenvalue weighted by Crippen LogP contribution is -2.16. The van der Waals surface area contributed by atoms with Crippen LogP contribution in [0.25, 0.3) is 10.8 Å². The van der Waals surface area contributed by atoms with Crippen molar-refractivity contribution >= 4 is 32.5 Å². The lowest BCUT2D eigenvalue weighted by atomic mass is 10.1. The molecule has 0 radical (unpaired) electrons. The number of anilines is 1. The maximum atomic E-state index is 9.30. The summed E-state index contributed by atoms with van der Waals surface area (Å²) in [5.41, 5.74) is 1.21. The second-order valence-electron chi connectivity index (χ2n) is 4.18. The highest BCUT2D eigenvalue weighted by Gasteiger charge is 2.08. The monoisotopic (exact) mass is 294 g/mol.